The van der Waals surface area contributed by atoms with Crippen LogP contribution >= 0.6 is 0 Å². The van der Waals surface area contributed by atoms with Gasteiger partial charge in [-0.15, -0.1) is 0 Å². The molecule has 9 aromatic rings. The van der Waals surface area contributed by atoms with Gasteiger partial charge in [0.05, 0.1) is 0 Å². The van der Waals surface area contributed by atoms with Crippen molar-refractivity contribution >= 4 is 21.9 Å². The van der Waals surface area contributed by atoms with Crippen molar-refractivity contribution in [3.63, 3.8) is 0 Å². The Morgan fingerprint density at radius 1 is 0.404 bits per heavy atom. The Morgan fingerprint density at radius 3 is 1.67 bits per heavy atom. The number of furan rings is 1. The van der Waals surface area contributed by atoms with E-state index in [0.29, 0.717) is 17.5 Å². The number of benzene rings is 7. The summed E-state index contributed by atoms with van der Waals surface area (Å²) in [5.74, 6) is 1.93. The van der Waals surface area contributed by atoms with Crippen molar-refractivity contribution in [2.45, 2.75) is 19.3 Å². The topological polar surface area (TPSA) is 51.8 Å². The molecule has 4 heteroatoms. The maximum atomic E-state index is 6.30. The van der Waals surface area contributed by atoms with E-state index in [2.05, 4.69) is 135 Å². The van der Waals surface area contributed by atoms with Crippen LogP contribution in [0.25, 0.3) is 89.5 Å². The van der Waals surface area contributed by atoms with Gasteiger partial charge in [-0.1, -0.05) is 153 Å². The Hall–Kier alpha value is -6.65. The normalized spacial score (nSPS) is 13.0. The minimum absolute atomic E-state index is 0.214. The van der Waals surface area contributed by atoms with Gasteiger partial charge in [-0.25, -0.2) is 15.0 Å². The fourth-order valence-corrected chi connectivity index (χ4v) is 7.93. The van der Waals surface area contributed by atoms with Gasteiger partial charge in [-0.2, -0.15) is 0 Å². The molecule has 0 amide bonds. The molecule has 7 aromatic carbocycles. The van der Waals surface area contributed by atoms with Crippen molar-refractivity contribution in [3.8, 4) is 67.5 Å². The minimum Gasteiger partial charge on any atom is -0.456 e. The summed E-state index contributed by atoms with van der Waals surface area (Å²) in [5.41, 5.74) is 14.3. The lowest BCUT2D eigenvalue weighted by molar-refractivity contribution is 0.657. The quantitative estimate of drug-likeness (QED) is 0.183. The van der Waals surface area contributed by atoms with Crippen molar-refractivity contribution in [2.24, 2.45) is 0 Å². The zero-order valence-corrected chi connectivity index (χ0v) is 28.8. The lowest BCUT2D eigenvalue weighted by Crippen LogP contribution is -2.15. The van der Waals surface area contributed by atoms with Gasteiger partial charge in [0.2, 0.25) is 0 Å². The molecule has 1 aliphatic carbocycles. The molecule has 0 fully saturated rings. The lowest BCUT2D eigenvalue weighted by atomic mass is 9.80. The molecule has 2 heterocycles. The van der Waals surface area contributed by atoms with Crippen molar-refractivity contribution in [3.05, 3.63) is 175 Å². The Labute approximate surface area is 302 Å². The van der Waals surface area contributed by atoms with Crippen LogP contribution in [0.2, 0.25) is 0 Å². The first-order chi connectivity index (χ1) is 25.5. The van der Waals surface area contributed by atoms with E-state index < -0.39 is 0 Å². The lowest BCUT2D eigenvalue weighted by Gasteiger charge is -2.23. The maximum Gasteiger partial charge on any atom is 0.164 e. The highest BCUT2D eigenvalue weighted by atomic mass is 16.3. The number of fused-ring (bicyclic) bond motifs is 7. The first kappa shape index (κ1) is 30.2. The van der Waals surface area contributed by atoms with Crippen molar-refractivity contribution < 1.29 is 4.42 Å². The van der Waals surface area contributed by atoms with Gasteiger partial charge >= 0.3 is 0 Å². The Morgan fingerprint density at radius 2 is 0.923 bits per heavy atom. The van der Waals surface area contributed by atoms with Gasteiger partial charge in [0.15, 0.2) is 17.5 Å². The number of rotatable bonds is 5. The van der Waals surface area contributed by atoms with Crippen LogP contribution in [-0.2, 0) is 5.41 Å². The van der Waals surface area contributed by atoms with E-state index in [0.717, 1.165) is 44.5 Å². The Bertz CT molecular complexity index is 2800. The van der Waals surface area contributed by atoms with Gasteiger partial charge in [-0.05, 0) is 68.8 Å². The van der Waals surface area contributed by atoms with E-state index in [1.165, 1.54) is 38.6 Å². The van der Waals surface area contributed by atoms with Gasteiger partial charge in [0.1, 0.15) is 11.2 Å². The molecule has 0 atom stereocenters. The summed E-state index contributed by atoms with van der Waals surface area (Å²) in [7, 11) is 0. The molecule has 0 saturated carbocycles. The average Bonchev–Trinajstić information content (AvgIpc) is 3.70. The minimum atomic E-state index is -0.214. The van der Waals surface area contributed by atoms with Crippen LogP contribution in [0.5, 0.6) is 0 Å². The Balaban J connectivity index is 1.06. The number of para-hydroxylation sites is 1. The molecule has 0 saturated heterocycles. The zero-order chi connectivity index (χ0) is 34.8. The first-order valence-corrected chi connectivity index (χ1v) is 17.7. The molecule has 246 valence electrons. The molecular formula is C48H33N3O. The van der Waals surface area contributed by atoms with Crippen LogP contribution < -0.4 is 0 Å². The molecule has 0 unspecified atom stereocenters. The van der Waals surface area contributed by atoms with Gasteiger partial charge in [0.25, 0.3) is 0 Å². The van der Waals surface area contributed by atoms with Crippen LogP contribution in [0.1, 0.15) is 25.0 Å². The largest absolute Gasteiger partial charge is 0.456 e. The summed E-state index contributed by atoms with van der Waals surface area (Å²) >= 11 is 0. The summed E-state index contributed by atoms with van der Waals surface area (Å²) in [6.45, 7) is 4.67. The summed E-state index contributed by atoms with van der Waals surface area (Å²) in [4.78, 5) is 15.1. The van der Waals surface area contributed by atoms with Gasteiger partial charge in [-0.3, -0.25) is 0 Å². The van der Waals surface area contributed by atoms with Gasteiger partial charge < -0.3 is 4.42 Å². The number of hydrogen-bond acceptors (Lipinski definition) is 4. The predicted octanol–water partition coefficient (Wildman–Crippen LogP) is 12.4. The van der Waals surface area contributed by atoms with Crippen LogP contribution in [0.15, 0.2) is 168 Å². The molecule has 4 nitrogen and oxygen atoms in total. The number of hydrogen-bond donors (Lipinski definition) is 0. The average molecular weight is 668 g/mol. The van der Waals surface area contributed by atoms with Crippen molar-refractivity contribution in [1.82, 2.24) is 15.0 Å². The van der Waals surface area contributed by atoms with E-state index >= 15 is 0 Å². The smallest absolute Gasteiger partial charge is 0.164 e. The first-order valence-electron chi connectivity index (χ1n) is 17.7. The standard InChI is InChI=1S/C48H33N3O/c1-48(2)40-29-35(24-25-37(40)38-26-27-42-43(44(38)48)39-18-9-10-19-41(39)52-42)34-16-11-17-36(28-34)47-50-45(32-14-7-4-8-15-32)49-46(51-47)33-22-20-31(21-23-33)30-12-5-3-6-13-30/h3-29H,1-2H3. The third kappa shape index (κ3) is 4.87. The zero-order valence-electron chi connectivity index (χ0n) is 28.8. The third-order valence-corrected chi connectivity index (χ3v) is 10.5. The van der Waals surface area contributed by atoms with Crippen LogP contribution in [0.4, 0.5) is 0 Å². The summed E-state index contributed by atoms with van der Waals surface area (Å²) in [6, 6.07) is 57.1. The maximum absolute atomic E-state index is 6.30. The van der Waals surface area contributed by atoms with E-state index in [-0.39, 0.29) is 5.41 Å². The molecule has 2 aromatic heterocycles. The molecular weight excluding hydrogens is 635 g/mol. The SMILES string of the molecule is CC1(C)c2cc(-c3cccc(-c4nc(-c5ccccc5)nc(-c5ccc(-c6ccccc6)cc5)n4)c3)ccc2-c2ccc3oc4ccccc4c3c21. The number of nitrogens with zero attached hydrogens (tertiary/aromatic N) is 3. The van der Waals surface area contributed by atoms with E-state index in [1.807, 2.05) is 42.5 Å². The van der Waals surface area contributed by atoms with Crippen molar-refractivity contribution in [2.75, 3.05) is 0 Å². The molecule has 0 spiro atoms. The highest BCUT2D eigenvalue weighted by Gasteiger charge is 2.38. The van der Waals surface area contributed by atoms with Crippen molar-refractivity contribution in [1.29, 1.82) is 0 Å². The second-order valence-electron chi connectivity index (χ2n) is 14.0. The molecule has 0 radical (unpaired) electrons. The summed E-state index contributed by atoms with van der Waals surface area (Å²) in [5, 5.41) is 2.38. The fraction of sp³-hybridized carbons (Fsp3) is 0.0625. The monoisotopic (exact) mass is 667 g/mol. The second kappa shape index (κ2) is 11.7. The van der Waals surface area contributed by atoms with E-state index in [4.69, 9.17) is 19.4 Å². The molecule has 0 aliphatic heterocycles. The van der Waals surface area contributed by atoms with Crippen LogP contribution in [-0.4, -0.2) is 15.0 Å². The predicted molar refractivity (Wildman–Crippen MR) is 212 cm³/mol. The van der Waals surface area contributed by atoms with E-state index in [1.54, 1.807) is 0 Å². The third-order valence-electron chi connectivity index (χ3n) is 10.5. The molecule has 1 aliphatic rings. The molecule has 0 bridgehead atoms. The van der Waals surface area contributed by atoms with E-state index in [9.17, 15) is 0 Å². The molecule has 10 rings (SSSR count). The Kier molecular flexibility index (Phi) is 6.80. The van der Waals surface area contributed by atoms with Crippen LogP contribution in [0.3, 0.4) is 0 Å². The molecule has 52 heavy (non-hydrogen) atoms. The second-order valence-corrected chi connectivity index (χ2v) is 14.0. The number of aromatic nitrogens is 3. The fourth-order valence-electron chi connectivity index (χ4n) is 7.93. The summed E-state index contributed by atoms with van der Waals surface area (Å²) in [6.07, 6.45) is 0. The summed E-state index contributed by atoms with van der Waals surface area (Å²) < 4.78 is 6.30. The highest BCUT2D eigenvalue weighted by Crippen LogP contribution is 2.53. The van der Waals surface area contributed by atoms with Gasteiger partial charge in [0, 0.05) is 32.9 Å². The van der Waals surface area contributed by atoms with Crippen LogP contribution in [0, 0.1) is 0 Å². The highest BCUT2D eigenvalue weighted by molar-refractivity contribution is 6.11. The molecule has 0 N–H and O–H groups in total.